The summed E-state index contributed by atoms with van der Waals surface area (Å²) in [5.74, 6) is -1.55. The molecule has 0 spiro atoms. The Morgan fingerprint density at radius 3 is 2.42 bits per heavy atom. The molecule has 12 heavy (non-hydrogen) atoms. The highest BCUT2D eigenvalue weighted by Gasteiger charge is 2.10. The van der Waals surface area contributed by atoms with Crippen LogP contribution in [0.4, 0.5) is 8.78 Å². The van der Waals surface area contributed by atoms with E-state index in [2.05, 4.69) is 0 Å². The van der Waals surface area contributed by atoms with Crippen LogP contribution in [0.15, 0.2) is 17.0 Å². The van der Waals surface area contributed by atoms with E-state index >= 15 is 0 Å². The van der Waals surface area contributed by atoms with Crippen molar-refractivity contribution in [3.8, 4) is 0 Å². The number of aryl methyl sites for hydroxylation is 1. The third-order valence-electron chi connectivity index (χ3n) is 1.40. The van der Waals surface area contributed by atoms with Crippen molar-refractivity contribution >= 4 is 11.1 Å². The Balaban J connectivity index is 3.33. The van der Waals surface area contributed by atoms with Gasteiger partial charge in [0.25, 0.3) is 0 Å². The zero-order valence-electron chi connectivity index (χ0n) is 6.17. The minimum atomic E-state index is -2.47. The Morgan fingerprint density at radius 2 is 1.92 bits per heavy atom. The smallest absolute Gasteiger partial charge is 0.189 e. The van der Waals surface area contributed by atoms with Gasteiger partial charge in [0.15, 0.2) is 11.1 Å². The maximum Gasteiger partial charge on any atom is 0.189 e. The number of hydrogen-bond donors (Lipinski definition) is 1. The van der Waals surface area contributed by atoms with E-state index in [0.717, 1.165) is 12.1 Å². The van der Waals surface area contributed by atoms with Crippen molar-refractivity contribution in [3.63, 3.8) is 0 Å². The summed E-state index contributed by atoms with van der Waals surface area (Å²) in [6.45, 7) is 1.38. The van der Waals surface area contributed by atoms with E-state index in [0.29, 0.717) is 0 Å². The molecule has 0 amide bonds. The SMILES string of the molecule is Cc1cc(F)c(S(=O)O)cc1F. The minimum Gasteiger partial charge on any atom is -0.302 e. The Kier molecular flexibility index (Phi) is 2.54. The van der Waals surface area contributed by atoms with Gasteiger partial charge in [0.1, 0.15) is 16.5 Å². The highest BCUT2D eigenvalue weighted by atomic mass is 32.2. The first-order chi connectivity index (χ1) is 5.52. The molecule has 2 nitrogen and oxygen atoms in total. The Bertz CT molecular complexity index is 338. The molecule has 5 heteroatoms. The lowest BCUT2D eigenvalue weighted by molar-refractivity contribution is 0.533. The zero-order valence-corrected chi connectivity index (χ0v) is 6.99. The average molecular weight is 192 g/mol. The van der Waals surface area contributed by atoms with E-state index in [-0.39, 0.29) is 5.56 Å². The van der Waals surface area contributed by atoms with Gasteiger partial charge in [-0.1, -0.05) is 0 Å². The van der Waals surface area contributed by atoms with Crippen molar-refractivity contribution in [2.75, 3.05) is 0 Å². The minimum absolute atomic E-state index is 0.113. The Morgan fingerprint density at radius 1 is 1.33 bits per heavy atom. The number of benzene rings is 1. The predicted octanol–water partition coefficient (Wildman–Crippen LogP) is 1.85. The standard InChI is InChI=1S/C7H6F2O2S/c1-4-2-6(9)7(12(10)11)3-5(4)8/h2-3H,1H3,(H,10,11). The molecule has 0 radical (unpaired) electrons. The third-order valence-corrected chi connectivity index (χ3v) is 2.09. The summed E-state index contributed by atoms with van der Waals surface area (Å²) in [7, 11) is 0. The largest absolute Gasteiger partial charge is 0.302 e. The highest BCUT2D eigenvalue weighted by Crippen LogP contribution is 2.16. The summed E-state index contributed by atoms with van der Waals surface area (Å²) >= 11 is -2.47. The molecule has 1 atom stereocenters. The van der Waals surface area contributed by atoms with Crippen molar-refractivity contribution in [2.24, 2.45) is 0 Å². The number of rotatable bonds is 1. The molecule has 0 heterocycles. The van der Waals surface area contributed by atoms with Crippen LogP contribution >= 0.6 is 0 Å². The van der Waals surface area contributed by atoms with E-state index in [1.165, 1.54) is 6.92 Å². The lowest BCUT2D eigenvalue weighted by Gasteiger charge is -2.00. The molecule has 0 fully saturated rings. The molecule has 1 aromatic carbocycles. The molecule has 0 bridgehead atoms. The van der Waals surface area contributed by atoms with Crippen LogP contribution in [0.25, 0.3) is 0 Å². The molecule has 0 aliphatic rings. The summed E-state index contributed by atoms with van der Waals surface area (Å²) in [6.07, 6.45) is 0. The van der Waals surface area contributed by atoms with E-state index < -0.39 is 27.6 Å². The van der Waals surface area contributed by atoms with E-state index in [1.807, 2.05) is 0 Å². The van der Waals surface area contributed by atoms with Crippen molar-refractivity contribution in [2.45, 2.75) is 11.8 Å². The van der Waals surface area contributed by atoms with Gasteiger partial charge in [-0.3, -0.25) is 0 Å². The topological polar surface area (TPSA) is 37.3 Å². The van der Waals surface area contributed by atoms with Crippen LogP contribution in [0.3, 0.4) is 0 Å². The maximum atomic E-state index is 12.8. The normalized spacial score (nSPS) is 13.0. The monoisotopic (exact) mass is 192 g/mol. The lowest BCUT2D eigenvalue weighted by atomic mass is 10.2. The van der Waals surface area contributed by atoms with Gasteiger partial charge in [0.05, 0.1) is 0 Å². The molecular weight excluding hydrogens is 186 g/mol. The quantitative estimate of drug-likeness (QED) is 0.689. The maximum absolute atomic E-state index is 12.8. The van der Waals surface area contributed by atoms with Crippen LogP contribution in [-0.2, 0) is 11.1 Å². The van der Waals surface area contributed by atoms with Crippen LogP contribution in [0, 0.1) is 18.6 Å². The van der Waals surface area contributed by atoms with Crippen LogP contribution in [0.5, 0.6) is 0 Å². The summed E-state index contributed by atoms with van der Waals surface area (Å²) in [5.41, 5.74) is 0.113. The van der Waals surface area contributed by atoms with Crippen LogP contribution < -0.4 is 0 Å². The summed E-state index contributed by atoms with van der Waals surface area (Å²) in [5, 5.41) is 0. The van der Waals surface area contributed by atoms with Gasteiger partial charge in [-0.15, -0.1) is 0 Å². The fraction of sp³-hybridized carbons (Fsp3) is 0.143. The first-order valence-corrected chi connectivity index (χ1v) is 4.19. The van der Waals surface area contributed by atoms with Gasteiger partial charge in [-0.25, -0.2) is 13.0 Å². The van der Waals surface area contributed by atoms with Gasteiger partial charge in [0, 0.05) is 0 Å². The molecule has 1 rings (SSSR count). The highest BCUT2D eigenvalue weighted by molar-refractivity contribution is 7.79. The third kappa shape index (κ3) is 1.67. The fourth-order valence-electron chi connectivity index (χ4n) is 0.762. The lowest BCUT2D eigenvalue weighted by Crippen LogP contribution is -1.96. The van der Waals surface area contributed by atoms with E-state index in [9.17, 15) is 13.0 Å². The first kappa shape index (κ1) is 9.28. The second-order valence-corrected chi connectivity index (χ2v) is 3.22. The Hall–Kier alpha value is -0.810. The van der Waals surface area contributed by atoms with Gasteiger partial charge in [-0.05, 0) is 24.6 Å². The van der Waals surface area contributed by atoms with Gasteiger partial charge in [0.2, 0.25) is 0 Å². The second-order valence-electron chi connectivity index (χ2n) is 2.28. The Labute approximate surface area is 70.5 Å². The molecular formula is C7H6F2O2S. The zero-order chi connectivity index (χ0) is 9.30. The van der Waals surface area contributed by atoms with Crippen molar-refractivity contribution in [1.29, 1.82) is 0 Å². The molecule has 1 aromatic rings. The number of hydrogen-bond acceptors (Lipinski definition) is 1. The predicted molar refractivity (Wildman–Crippen MR) is 40.1 cm³/mol. The van der Waals surface area contributed by atoms with Crippen LogP contribution in [-0.4, -0.2) is 8.76 Å². The second kappa shape index (κ2) is 3.28. The van der Waals surface area contributed by atoms with Crippen molar-refractivity contribution in [1.82, 2.24) is 0 Å². The first-order valence-electron chi connectivity index (χ1n) is 3.09. The molecule has 0 saturated heterocycles. The molecule has 0 aliphatic heterocycles. The van der Waals surface area contributed by atoms with Crippen LogP contribution in [0.1, 0.15) is 5.56 Å². The molecule has 0 saturated carbocycles. The fourth-order valence-corrected chi connectivity index (χ4v) is 1.19. The number of halogens is 2. The van der Waals surface area contributed by atoms with Gasteiger partial charge >= 0.3 is 0 Å². The molecule has 66 valence electrons. The summed E-state index contributed by atoms with van der Waals surface area (Å²) in [6, 6.07) is 1.61. The van der Waals surface area contributed by atoms with Crippen molar-refractivity contribution < 1.29 is 17.5 Å². The molecule has 1 unspecified atom stereocenters. The van der Waals surface area contributed by atoms with Gasteiger partial charge < -0.3 is 4.55 Å². The molecule has 0 aromatic heterocycles. The van der Waals surface area contributed by atoms with E-state index in [4.69, 9.17) is 4.55 Å². The van der Waals surface area contributed by atoms with Gasteiger partial charge in [-0.2, -0.15) is 0 Å². The van der Waals surface area contributed by atoms with E-state index in [1.54, 1.807) is 0 Å². The summed E-state index contributed by atoms with van der Waals surface area (Å²) in [4.78, 5) is -0.530. The van der Waals surface area contributed by atoms with Crippen LogP contribution in [0.2, 0.25) is 0 Å². The van der Waals surface area contributed by atoms with Crippen molar-refractivity contribution in [3.05, 3.63) is 29.3 Å². The molecule has 1 N–H and O–H groups in total. The summed E-state index contributed by atoms with van der Waals surface area (Å²) < 4.78 is 44.3. The average Bonchev–Trinajstić information content (AvgIpc) is 1.96. The molecule has 0 aliphatic carbocycles.